The van der Waals surface area contributed by atoms with E-state index in [1.807, 2.05) is 4.90 Å². The predicted octanol–water partition coefficient (Wildman–Crippen LogP) is 0.217. The van der Waals surface area contributed by atoms with Gasteiger partial charge >= 0.3 is 0 Å². The van der Waals surface area contributed by atoms with E-state index >= 15 is 0 Å². The lowest BCUT2D eigenvalue weighted by Crippen LogP contribution is -2.51. The van der Waals surface area contributed by atoms with Gasteiger partial charge in [0.15, 0.2) is 0 Å². The van der Waals surface area contributed by atoms with Gasteiger partial charge < -0.3 is 10.2 Å². The molecule has 2 fully saturated rings. The summed E-state index contributed by atoms with van der Waals surface area (Å²) in [5.41, 5.74) is 0. The predicted molar refractivity (Wildman–Crippen MR) is 46.8 cm³/mol. The van der Waals surface area contributed by atoms with E-state index in [4.69, 9.17) is 0 Å². The molecule has 1 saturated heterocycles. The lowest BCUT2D eigenvalue weighted by Gasteiger charge is -2.32. The third-order valence-corrected chi connectivity index (χ3v) is 2.61. The first-order chi connectivity index (χ1) is 5.77. The number of hydrogen-bond donors (Lipinski definition) is 1. The number of carbonyl (C=O) groups is 1. The molecule has 3 heteroatoms. The van der Waals surface area contributed by atoms with Gasteiger partial charge in [-0.1, -0.05) is 0 Å². The van der Waals surface area contributed by atoms with Gasteiger partial charge in [0, 0.05) is 31.6 Å². The van der Waals surface area contributed by atoms with Crippen LogP contribution in [-0.4, -0.2) is 36.5 Å². The molecule has 0 radical (unpaired) electrons. The highest BCUT2D eigenvalue weighted by atomic mass is 16.2. The van der Waals surface area contributed by atoms with Crippen LogP contribution in [0.1, 0.15) is 19.8 Å². The lowest BCUT2D eigenvalue weighted by atomic mass is 10.2. The smallest absolute Gasteiger partial charge is 0.225 e. The molecule has 1 atom stereocenters. The summed E-state index contributed by atoms with van der Waals surface area (Å²) >= 11 is 0. The van der Waals surface area contributed by atoms with Crippen LogP contribution < -0.4 is 5.32 Å². The van der Waals surface area contributed by atoms with E-state index in [0.717, 1.165) is 32.5 Å². The maximum Gasteiger partial charge on any atom is 0.225 e. The van der Waals surface area contributed by atoms with Gasteiger partial charge in [-0.15, -0.1) is 0 Å². The van der Waals surface area contributed by atoms with Gasteiger partial charge in [0.05, 0.1) is 0 Å². The van der Waals surface area contributed by atoms with Gasteiger partial charge in [-0.2, -0.15) is 0 Å². The van der Waals surface area contributed by atoms with Crippen molar-refractivity contribution in [1.29, 1.82) is 0 Å². The minimum Gasteiger partial charge on any atom is -0.340 e. The third-order valence-electron chi connectivity index (χ3n) is 2.61. The molecule has 1 N–H and O–H groups in total. The Hall–Kier alpha value is -0.570. The van der Waals surface area contributed by atoms with Crippen LogP contribution in [-0.2, 0) is 4.79 Å². The molecule has 3 nitrogen and oxygen atoms in total. The van der Waals surface area contributed by atoms with E-state index in [1.165, 1.54) is 0 Å². The molecule has 1 amide bonds. The molecule has 68 valence electrons. The largest absolute Gasteiger partial charge is 0.340 e. The maximum atomic E-state index is 11.6. The van der Waals surface area contributed by atoms with E-state index in [0.29, 0.717) is 17.9 Å². The van der Waals surface area contributed by atoms with Crippen LogP contribution in [0.5, 0.6) is 0 Å². The Morgan fingerprint density at radius 2 is 2.25 bits per heavy atom. The number of rotatable bonds is 1. The van der Waals surface area contributed by atoms with Crippen LogP contribution in [0.4, 0.5) is 0 Å². The molecular weight excluding hydrogens is 152 g/mol. The van der Waals surface area contributed by atoms with Crippen molar-refractivity contribution in [1.82, 2.24) is 10.2 Å². The fourth-order valence-electron chi connectivity index (χ4n) is 1.72. The summed E-state index contributed by atoms with van der Waals surface area (Å²) in [5, 5.41) is 3.33. The Kier molecular flexibility index (Phi) is 2.05. The molecule has 1 saturated carbocycles. The summed E-state index contributed by atoms with van der Waals surface area (Å²) in [6.07, 6.45) is 2.24. The molecule has 0 spiro atoms. The number of carbonyl (C=O) groups excluding carboxylic acids is 1. The second-order valence-electron chi connectivity index (χ2n) is 3.91. The Morgan fingerprint density at radius 3 is 2.83 bits per heavy atom. The van der Waals surface area contributed by atoms with E-state index in [2.05, 4.69) is 12.2 Å². The zero-order valence-corrected chi connectivity index (χ0v) is 7.55. The molecule has 2 rings (SSSR count). The van der Waals surface area contributed by atoms with Crippen LogP contribution in [0.15, 0.2) is 0 Å². The van der Waals surface area contributed by atoms with Gasteiger partial charge in [0.2, 0.25) is 5.91 Å². The van der Waals surface area contributed by atoms with Crippen LogP contribution in [0, 0.1) is 5.92 Å². The molecule has 2 aliphatic rings. The summed E-state index contributed by atoms with van der Waals surface area (Å²) in [5.74, 6) is 0.777. The Bertz CT molecular complexity index is 189. The summed E-state index contributed by atoms with van der Waals surface area (Å²) in [6.45, 7) is 4.89. The van der Waals surface area contributed by atoms with Gasteiger partial charge in [-0.3, -0.25) is 4.79 Å². The molecule has 0 aromatic carbocycles. The van der Waals surface area contributed by atoms with Gasteiger partial charge in [0.1, 0.15) is 0 Å². The van der Waals surface area contributed by atoms with Gasteiger partial charge in [-0.25, -0.2) is 0 Å². The Labute approximate surface area is 73.1 Å². The molecule has 12 heavy (non-hydrogen) atoms. The highest BCUT2D eigenvalue weighted by Gasteiger charge is 2.34. The first-order valence-corrected chi connectivity index (χ1v) is 4.79. The van der Waals surface area contributed by atoms with Crippen LogP contribution in [0.25, 0.3) is 0 Å². The molecule has 0 aromatic rings. The van der Waals surface area contributed by atoms with Crippen molar-refractivity contribution in [2.45, 2.75) is 25.8 Å². The molecule has 0 aromatic heterocycles. The number of amides is 1. The summed E-state index contributed by atoms with van der Waals surface area (Å²) in [7, 11) is 0. The SMILES string of the molecule is C[C@@H]1CN(C(=O)C2CC2)CCN1. The number of nitrogens with zero attached hydrogens (tertiary/aromatic N) is 1. The van der Waals surface area contributed by atoms with Crippen molar-refractivity contribution < 1.29 is 4.79 Å². The van der Waals surface area contributed by atoms with Crippen LogP contribution >= 0.6 is 0 Å². The minimum absolute atomic E-state index is 0.385. The van der Waals surface area contributed by atoms with E-state index < -0.39 is 0 Å². The molecule has 1 heterocycles. The van der Waals surface area contributed by atoms with Crippen molar-refractivity contribution in [2.75, 3.05) is 19.6 Å². The molecule has 0 unspecified atom stereocenters. The number of piperazine rings is 1. The fraction of sp³-hybridized carbons (Fsp3) is 0.889. The summed E-state index contributed by atoms with van der Waals surface area (Å²) in [4.78, 5) is 13.6. The maximum absolute atomic E-state index is 11.6. The average molecular weight is 168 g/mol. The summed E-state index contributed by atoms with van der Waals surface area (Å²) in [6, 6.07) is 0.474. The van der Waals surface area contributed by atoms with E-state index in [1.54, 1.807) is 0 Å². The highest BCUT2D eigenvalue weighted by Crippen LogP contribution is 2.31. The van der Waals surface area contributed by atoms with E-state index in [-0.39, 0.29) is 0 Å². The molecule has 0 bridgehead atoms. The second-order valence-corrected chi connectivity index (χ2v) is 3.91. The van der Waals surface area contributed by atoms with E-state index in [9.17, 15) is 4.79 Å². The number of hydrogen-bond acceptors (Lipinski definition) is 2. The molecule has 1 aliphatic carbocycles. The zero-order valence-electron chi connectivity index (χ0n) is 7.55. The van der Waals surface area contributed by atoms with Crippen molar-refractivity contribution in [3.8, 4) is 0 Å². The third kappa shape index (κ3) is 1.61. The van der Waals surface area contributed by atoms with Crippen molar-refractivity contribution in [3.63, 3.8) is 0 Å². The zero-order chi connectivity index (χ0) is 8.55. The molecular formula is C9H16N2O. The quantitative estimate of drug-likeness (QED) is 0.607. The van der Waals surface area contributed by atoms with Crippen LogP contribution in [0.2, 0.25) is 0 Å². The lowest BCUT2D eigenvalue weighted by molar-refractivity contribution is -0.133. The Balaban J connectivity index is 1.89. The standard InChI is InChI=1S/C9H16N2O/c1-7-6-11(5-4-10-7)9(12)8-2-3-8/h7-8,10H,2-6H2,1H3/t7-/m1/s1. The first-order valence-electron chi connectivity index (χ1n) is 4.79. The van der Waals surface area contributed by atoms with Gasteiger partial charge in [0.25, 0.3) is 0 Å². The Morgan fingerprint density at radius 1 is 1.50 bits per heavy atom. The number of nitrogens with one attached hydrogen (secondary N) is 1. The van der Waals surface area contributed by atoms with Crippen molar-refractivity contribution in [3.05, 3.63) is 0 Å². The summed E-state index contributed by atoms with van der Waals surface area (Å²) < 4.78 is 0. The molecule has 1 aliphatic heterocycles. The minimum atomic E-state index is 0.385. The second kappa shape index (κ2) is 3.05. The fourth-order valence-corrected chi connectivity index (χ4v) is 1.72. The topological polar surface area (TPSA) is 32.3 Å². The van der Waals surface area contributed by atoms with Gasteiger partial charge in [-0.05, 0) is 19.8 Å². The first kappa shape index (κ1) is 8.05. The average Bonchev–Trinajstić information content (AvgIpc) is 2.85. The monoisotopic (exact) mass is 168 g/mol. The van der Waals surface area contributed by atoms with Crippen LogP contribution in [0.3, 0.4) is 0 Å². The van der Waals surface area contributed by atoms with Crippen molar-refractivity contribution >= 4 is 5.91 Å². The van der Waals surface area contributed by atoms with Crippen molar-refractivity contribution in [2.24, 2.45) is 5.92 Å². The highest BCUT2D eigenvalue weighted by molar-refractivity contribution is 5.81. The normalized spacial score (nSPS) is 30.4.